The van der Waals surface area contributed by atoms with Gasteiger partial charge in [0.1, 0.15) is 11.6 Å². The second-order valence-electron chi connectivity index (χ2n) is 5.58. The largest absolute Gasteiger partial charge is 0.481 e. The maximum Gasteiger partial charge on any atom is 0.326 e. The molecule has 0 spiro atoms. The van der Waals surface area contributed by atoms with Gasteiger partial charge in [-0.3, -0.25) is 14.4 Å². The zero-order chi connectivity index (χ0) is 15.9. The Balaban J connectivity index is 2.53. The Bertz CT molecular complexity index is 467. The highest BCUT2D eigenvalue weighted by Crippen LogP contribution is 2.10. The van der Waals surface area contributed by atoms with E-state index >= 15 is 0 Å². The summed E-state index contributed by atoms with van der Waals surface area (Å²) in [4.78, 5) is 27.9. The molecule has 2 N–H and O–H groups in total. The molecule has 116 valence electrons. The molecule has 0 amide bonds. The van der Waals surface area contributed by atoms with Crippen LogP contribution in [0.3, 0.4) is 0 Å². The first-order valence-corrected chi connectivity index (χ1v) is 6.64. The standard InChI is InChI=1S/C15H21NO5/c1-15(2,3)21-14(19)12(9-13(17)18)16-20-10-11-7-5-4-6-8-11/h4-8,12,16H,9-10H2,1-3H3,(H,17,18)/t12-/m1/s1. The van der Waals surface area contributed by atoms with Crippen LogP contribution in [-0.2, 0) is 25.8 Å². The lowest BCUT2D eigenvalue weighted by Gasteiger charge is -2.23. The minimum atomic E-state index is -1.11. The van der Waals surface area contributed by atoms with E-state index in [-0.39, 0.29) is 6.61 Å². The molecule has 0 fully saturated rings. The lowest BCUT2D eigenvalue weighted by molar-refractivity contribution is -0.165. The molecular weight excluding hydrogens is 274 g/mol. The van der Waals surface area contributed by atoms with E-state index in [1.165, 1.54) is 0 Å². The molecular formula is C15H21NO5. The van der Waals surface area contributed by atoms with Crippen molar-refractivity contribution >= 4 is 11.9 Å². The van der Waals surface area contributed by atoms with E-state index in [0.717, 1.165) is 5.56 Å². The zero-order valence-corrected chi connectivity index (χ0v) is 12.5. The van der Waals surface area contributed by atoms with Gasteiger partial charge in [-0.25, -0.2) is 0 Å². The van der Waals surface area contributed by atoms with Crippen LogP contribution in [0.5, 0.6) is 0 Å². The average Bonchev–Trinajstić information content (AvgIpc) is 2.36. The average molecular weight is 295 g/mol. The fourth-order valence-electron chi connectivity index (χ4n) is 1.52. The van der Waals surface area contributed by atoms with Gasteiger partial charge in [0.15, 0.2) is 0 Å². The molecule has 1 aromatic carbocycles. The minimum Gasteiger partial charge on any atom is -0.481 e. The number of esters is 1. The van der Waals surface area contributed by atoms with Crippen molar-refractivity contribution in [2.45, 2.75) is 45.4 Å². The predicted octanol–water partition coefficient (Wildman–Crippen LogP) is 1.89. The number of carboxylic acids is 1. The number of aliphatic carboxylic acids is 1. The van der Waals surface area contributed by atoms with Gasteiger partial charge >= 0.3 is 11.9 Å². The van der Waals surface area contributed by atoms with Gasteiger partial charge in [0, 0.05) is 0 Å². The second-order valence-corrected chi connectivity index (χ2v) is 5.58. The van der Waals surface area contributed by atoms with E-state index in [1.54, 1.807) is 20.8 Å². The number of carbonyl (C=O) groups excluding carboxylic acids is 1. The molecule has 0 saturated carbocycles. The summed E-state index contributed by atoms with van der Waals surface area (Å²) in [6.07, 6.45) is -0.413. The van der Waals surface area contributed by atoms with Crippen molar-refractivity contribution in [3.05, 3.63) is 35.9 Å². The first-order valence-electron chi connectivity index (χ1n) is 6.64. The molecule has 6 heteroatoms. The van der Waals surface area contributed by atoms with Crippen molar-refractivity contribution in [3.8, 4) is 0 Å². The van der Waals surface area contributed by atoms with Crippen LogP contribution in [0, 0.1) is 0 Å². The van der Waals surface area contributed by atoms with Crippen LogP contribution in [-0.4, -0.2) is 28.7 Å². The van der Waals surface area contributed by atoms with Gasteiger partial charge in [-0.05, 0) is 26.3 Å². The summed E-state index contributed by atoms with van der Waals surface area (Å²) in [5, 5.41) is 8.84. The monoisotopic (exact) mass is 295 g/mol. The summed E-state index contributed by atoms with van der Waals surface area (Å²) >= 11 is 0. The normalized spacial score (nSPS) is 12.7. The zero-order valence-electron chi connectivity index (χ0n) is 12.5. The summed E-state index contributed by atoms with van der Waals surface area (Å²) in [5.41, 5.74) is 2.69. The molecule has 1 aromatic rings. The summed E-state index contributed by atoms with van der Waals surface area (Å²) in [5.74, 6) is -1.76. The fraction of sp³-hybridized carbons (Fsp3) is 0.467. The van der Waals surface area contributed by atoms with Crippen molar-refractivity contribution in [1.29, 1.82) is 0 Å². The Kier molecular flexibility index (Phi) is 6.33. The lowest BCUT2D eigenvalue weighted by Crippen LogP contribution is -2.42. The highest BCUT2D eigenvalue weighted by molar-refractivity contribution is 5.82. The van der Waals surface area contributed by atoms with E-state index < -0.39 is 30.0 Å². The molecule has 0 aromatic heterocycles. The minimum absolute atomic E-state index is 0.222. The van der Waals surface area contributed by atoms with E-state index in [9.17, 15) is 9.59 Å². The molecule has 0 radical (unpaired) electrons. The molecule has 1 atom stereocenters. The number of hydrogen-bond donors (Lipinski definition) is 2. The molecule has 0 aliphatic carbocycles. The molecule has 0 saturated heterocycles. The van der Waals surface area contributed by atoms with Crippen molar-refractivity contribution < 1.29 is 24.3 Å². The van der Waals surface area contributed by atoms with Crippen LogP contribution < -0.4 is 5.48 Å². The molecule has 0 bridgehead atoms. The van der Waals surface area contributed by atoms with Gasteiger partial charge in [-0.1, -0.05) is 30.3 Å². The van der Waals surface area contributed by atoms with Gasteiger partial charge in [0.25, 0.3) is 0 Å². The van der Waals surface area contributed by atoms with E-state index in [0.29, 0.717) is 0 Å². The maximum atomic E-state index is 11.9. The fourth-order valence-corrected chi connectivity index (χ4v) is 1.52. The molecule has 0 heterocycles. The first-order chi connectivity index (χ1) is 9.78. The van der Waals surface area contributed by atoms with Gasteiger partial charge < -0.3 is 9.84 Å². The van der Waals surface area contributed by atoms with Crippen LogP contribution in [0.4, 0.5) is 0 Å². The Morgan fingerprint density at radius 3 is 2.38 bits per heavy atom. The van der Waals surface area contributed by atoms with Crippen molar-refractivity contribution in [3.63, 3.8) is 0 Å². The van der Waals surface area contributed by atoms with Crippen molar-refractivity contribution in [1.82, 2.24) is 5.48 Å². The highest BCUT2D eigenvalue weighted by atomic mass is 16.7. The SMILES string of the molecule is CC(C)(C)OC(=O)[C@@H](CC(=O)O)NOCc1ccccc1. The summed E-state index contributed by atoms with van der Waals surface area (Å²) in [6.45, 7) is 5.37. The number of carboxylic acid groups (broad SMARTS) is 1. The van der Waals surface area contributed by atoms with Gasteiger partial charge in [-0.15, -0.1) is 0 Å². The summed E-state index contributed by atoms with van der Waals surface area (Å²) in [6, 6.07) is 8.28. The maximum absolute atomic E-state index is 11.9. The third kappa shape index (κ3) is 7.43. The smallest absolute Gasteiger partial charge is 0.326 e. The van der Waals surface area contributed by atoms with Gasteiger partial charge in [0.05, 0.1) is 13.0 Å². The number of carbonyl (C=O) groups is 2. The van der Waals surface area contributed by atoms with Gasteiger partial charge in [-0.2, -0.15) is 5.48 Å². The van der Waals surface area contributed by atoms with E-state index in [1.807, 2.05) is 30.3 Å². The number of hydroxylamine groups is 1. The van der Waals surface area contributed by atoms with Crippen molar-refractivity contribution in [2.75, 3.05) is 0 Å². The Hall–Kier alpha value is -1.92. The van der Waals surface area contributed by atoms with Crippen LogP contribution in [0.2, 0.25) is 0 Å². The number of benzene rings is 1. The Morgan fingerprint density at radius 2 is 1.86 bits per heavy atom. The highest BCUT2D eigenvalue weighted by Gasteiger charge is 2.27. The number of ether oxygens (including phenoxy) is 1. The van der Waals surface area contributed by atoms with E-state index in [4.69, 9.17) is 14.7 Å². The number of rotatable bonds is 7. The summed E-state index contributed by atoms with van der Waals surface area (Å²) < 4.78 is 5.16. The van der Waals surface area contributed by atoms with Crippen LogP contribution >= 0.6 is 0 Å². The van der Waals surface area contributed by atoms with Crippen LogP contribution in [0.25, 0.3) is 0 Å². The molecule has 21 heavy (non-hydrogen) atoms. The Labute approximate surface area is 124 Å². The molecule has 1 rings (SSSR count). The molecule has 0 unspecified atom stereocenters. The van der Waals surface area contributed by atoms with E-state index in [2.05, 4.69) is 5.48 Å². The topological polar surface area (TPSA) is 84.9 Å². The predicted molar refractivity (Wildman–Crippen MR) is 76.3 cm³/mol. The lowest BCUT2D eigenvalue weighted by atomic mass is 10.1. The first kappa shape index (κ1) is 17.1. The van der Waals surface area contributed by atoms with Crippen LogP contribution in [0.1, 0.15) is 32.8 Å². The number of hydrogen-bond acceptors (Lipinski definition) is 5. The van der Waals surface area contributed by atoms with Gasteiger partial charge in [0.2, 0.25) is 0 Å². The quantitative estimate of drug-likeness (QED) is 0.590. The number of nitrogens with one attached hydrogen (secondary N) is 1. The van der Waals surface area contributed by atoms with Crippen LogP contribution in [0.15, 0.2) is 30.3 Å². The third-order valence-electron chi connectivity index (χ3n) is 2.38. The molecule has 0 aliphatic heterocycles. The third-order valence-corrected chi connectivity index (χ3v) is 2.38. The summed E-state index contributed by atoms with van der Waals surface area (Å²) in [7, 11) is 0. The molecule has 6 nitrogen and oxygen atoms in total. The molecule has 0 aliphatic rings. The second kappa shape index (κ2) is 7.75. The Morgan fingerprint density at radius 1 is 1.24 bits per heavy atom. The van der Waals surface area contributed by atoms with Crippen molar-refractivity contribution in [2.24, 2.45) is 0 Å².